The first-order valence-electron chi connectivity index (χ1n) is 7.87. The molecule has 116 valence electrons. The molecule has 2 saturated heterocycles. The zero-order valence-electron chi connectivity index (χ0n) is 12.2. The number of hydrogen-bond donors (Lipinski definition) is 1. The van der Waals surface area contributed by atoms with Gasteiger partial charge in [0.25, 0.3) is 0 Å². The fourth-order valence-corrected chi connectivity index (χ4v) is 3.41. The molecule has 1 aliphatic carbocycles. The van der Waals surface area contributed by atoms with Gasteiger partial charge < -0.3 is 14.9 Å². The Bertz CT molecular complexity index is 461. The summed E-state index contributed by atoms with van der Waals surface area (Å²) in [5.74, 6) is -0.763. The summed E-state index contributed by atoms with van der Waals surface area (Å²) in [5.41, 5.74) is 0. The Morgan fingerprint density at radius 3 is 2.62 bits per heavy atom. The lowest BCUT2D eigenvalue weighted by Crippen LogP contribution is -2.50. The van der Waals surface area contributed by atoms with E-state index in [2.05, 4.69) is 0 Å². The van der Waals surface area contributed by atoms with Gasteiger partial charge >= 0.3 is 5.97 Å². The van der Waals surface area contributed by atoms with Crippen molar-refractivity contribution in [1.82, 2.24) is 9.80 Å². The number of carboxylic acids is 1. The zero-order chi connectivity index (χ0) is 15.0. The van der Waals surface area contributed by atoms with Gasteiger partial charge in [0.1, 0.15) is 6.04 Å². The van der Waals surface area contributed by atoms with Crippen LogP contribution in [0.3, 0.4) is 0 Å². The van der Waals surface area contributed by atoms with Gasteiger partial charge in [0.15, 0.2) is 0 Å². The minimum atomic E-state index is -0.929. The number of carbonyl (C=O) groups excluding carboxylic acids is 2. The fraction of sp³-hybridized carbons (Fsp3) is 0.800. The molecule has 0 aromatic carbocycles. The number of rotatable bonds is 4. The molecule has 3 fully saturated rings. The minimum Gasteiger partial charge on any atom is -0.480 e. The predicted octanol–water partition coefficient (Wildman–Crippen LogP) is 0.711. The van der Waals surface area contributed by atoms with Gasteiger partial charge in [0.2, 0.25) is 11.8 Å². The Kier molecular flexibility index (Phi) is 3.87. The minimum absolute atomic E-state index is 0.0455. The maximum Gasteiger partial charge on any atom is 0.326 e. The molecule has 0 aromatic heterocycles. The van der Waals surface area contributed by atoms with Crippen LogP contribution in [0.25, 0.3) is 0 Å². The SMILES string of the molecule is O=C(O)C1CCCCN1C(=O)C1CC(=O)N(CC2CC2)C1. The second-order valence-electron chi connectivity index (χ2n) is 6.52. The standard InChI is InChI=1S/C15H22N2O4/c18-13-7-11(9-16(13)8-10-4-5-10)14(19)17-6-2-1-3-12(17)15(20)21/h10-12H,1-9H2,(H,20,21). The fourth-order valence-electron chi connectivity index (χ4n) is 3.41. The number of amides is 2. The third kappa shape index (κ3) is 3.04. The highest BCUT2D eigenvalue weighted by Crippen LogP contribution is 2.32. The number of carbonyl (C=O) groups is 3. The van der Waals surface area contributed by atoms with Gasteiger partial charge in [-0.15, -0.1) is 0 Å². The van der Waals surface area contributed by atoms with Crippen LogP contribution >= 0.6 is 0 Å². The van der Waals surface area contributed by atoms with Crippen LogP contribution in [-0.4, -0.2) is 58.4 Å². The molecule has 1 N–H and O–H groups in total. The summed E-state index contributed by atoms with van der Waals surface area (Å²) < 4.78 is 0. The van der Waals surface area contributed by atoms with Crippen molar-refractivity contribution < 1.29 is 19.5 Å². The van der Waals surface area contributed by atoms with E-state index in [1.807, 2.05) is 0 Å². The van der Waals surface area contributed by atoms with E-state index in [0.717, 1.165) is 19.4 Å². The number of carboxylic acid groups (broad SMARTS) is 1. The smallest absolute Gasteiger partial charge is 0.326 e. The van der Waals surface area contributed by atoms with E-state index in [-0.39, 0.29) is 24.2 Å². The van der Waals surface area contributed by atoms with E-state index < -0.39 is 12.0 Å². The van der Waals surface area contributed by atoms with Crippen LogP contribution in [0.5, 0.6) is 0 Å². The highest BCUT2D eigenvalue weighted by atomic mass is 16.4. The van der Waals surface area contributed by atoms with Crippen molar-refractivity contribution in [3.05, 3.63) is 0 Å². The van der Waals surface area contributed by atoms with Gasteiger partial charge in [-0.05, 0) is 38.0 Å². The highest BCUT2D eigenvalue weighted by Gasteiger charge is 2.41. The molecule has 0 radical (unpaired) electrons. The van der Waals surface area contributed by atoms with Crippen LogP contribution in [0.15, 0.2) is 0 Å². The Morgan fingerprint density at radius 1 is 1.19 bits per heavy atom. The second-order valence-corrected chi connectivity index (χ2v) is 6.52. The quantitative estimate of drug-likeness (QED) is 0.828. The van der Waals surface area contributed by atoms with Crippen molar-refractivity contribution in [2.45, 2.75) is 44.6 Å². The van der Waals surface area contributed by atoms with Crippen molar-refractivity contribution in [3.63, 3.8) is 0 Å². The van der Waals surface area contributed by atoms with Gasteiger partial charge in [-0.2, -0.15) is 0 Å². The summed E-state index contributed by atoms with van der Waals surface area (Å²) >= 11 is 0. The van der Waals surface area contributed by atoms with Crippen molar-refractivity contribution in [1.29, 1.82) is 0 Å². The van der Waals surface area contributed by atoms with E-state index in [9.17, 15) is 19.5 Å². The van der Waals surface area contributed by atoms with Crippen LogP contribution in [0.4, 0.5) is 0 Å². The molecule has 3 rings (SSSR count). The van der Waals surface area contributed by atoms with E-state index >= 15 is 0 Å². The molecule has 0 spiro atoms. The number of piperidine rings is 1. The molecule has 2 atom stereocenters. The first-order valence-corrected chi connectivity index (χ1v) is 7.87. The van der Waals surface area contributed by atoms with E-state index in [4.69, 9.17) is 0 Å². The van der Waals surface area contributed by atoms with Crippen LogP contribution in [0, 0.1) is 11.8 Å². The topological polar surface area (TPSA) is 77.9 Å². The van der Waals surface area contributed by atoms with Crippen LogP contribution < -0.4 is 0 Å². The highest BCUT2D eigenvalue weighted by molar-refractivity contribution is 5.91. The van der Waals surface area contributed by atoms with Crippen LogP contribution in [0.1, 0.15) is 38.5 Å². The van der Waals surface area contributed by atoms with Gasteiger partial charge in [-0.3, -0.25) is 9.59 Å². The molecular weight excluding hydrogens is 272 g/mol. The molecule has 2 heterocycles. The molecule has 1 saturated carbocycles. The lowest BCUT2D eigenvalue weighted by atomic mass is 9.98. The van der Waals surface area contributed by atoms with Gasteiger partial charge in [-0.1, -0.05) is 0 Å². The number of aliphatic carboxylic acids is 1. The number of likely N-dealkylation sites (tertiary alicyclic amines) is 2. The summed E-state index contributed by atoms with van der Waals surface area (Å²) in [7, 11) is 0. The average molecular weight is 294 g/mol. The average Bonchev–Trinajstić information content (AvgIpc) is 3.21. The third-order valence-corrected chi connectivity index (χ3v) is 4.81. The van der Waals surface area contributed by atoms with E-state index in [0.29, 0.717) is 25.4 Å². The molecule has 21 heavy (non-hydrogen) atoms. The number of nitrogens with zero attached hydrogens (tertiary/aromatic N) is 2. The summed E-state index contributed by atoms with van der Waals surface area (Å²) in [5, 5.41) is 9.26. The Hall–Kier alpha value is -1.59. The summed E-state index contributed by atoms with van der Waals surface area (Å²) in [6.07, 6.45) is 4.81. The molecule has 2 unspecified atom stereocenters. The van der Waals surface area contributed by atoms with Crippen molar-refractivity contribution in [3.8, 4) is 0 Å². The maximum atomic E-state index is 12.6. The summed E-state index contributed by atoms with van der Waals surface area (Å²) in [6.45, 7) is 1.74. The molecule has 6 nitrogen and oxygen atoms in total. The lowest BCUT2D eigenvalue weighted by molar-refractivity contribution is -0.153. The first kappa shape index (κ1) is 14.4. The molecule has 0 bridgehead atoms. The van der Waals surface area contributed by atoms with Crippen molar-refractivity contribution in [2.75, 3.05) is 19.6 Å². The van der Waals surface area contributed by atoms with Gasteiger partial charge in [0.05, 0.1) is 5.92 Å². The maximum absolute atomic E-state index is 12.6. The monoisotopic (exact) mass is 294 g/mol. The molecule has 6 heteroatoms. The van der Waals surface area contributed by atoms with Crippen molar-refractivity contribution in [2.24, 2.45) is 11.8 Å². The normalized spacial score (nSPS) is 29.8. The van der Waals surface area contributed by atoms with Crippen molar-refractivity contribution >= 4 is 17.8 Å². The van der Waals surface area contributed by atoms with E-state index in [1.54, 1.807) is 4.90 Å². The van der Waals surface area contributed by atoms with Crippen LogP contribution in [-0.2, 0) is 14.4 Å². The van der Waals surface area contributed by atoms with Gasteiger partial charge in [0, 0.05) is 26.1 Å². The Labute approximate surface area is 124 Å². The largest absolute Gasteiger partial charge is 0.480 e. The zero-order valence-corrected chi connectivity index (χ0v) is 12.2. The van der Waals surface area contributed by atoms with Gasteiger partial charge in [-0.25, -0.2) is 4.79 Å². The summed E-state index contributed by atoms with van der Waals surface area (Å²) in [6, 6.07) is -0.709. The Balaban J connectivity index is 1.64. The molecule has 2 aliphatic heterocycles. The summed E-state index contributed by atoms with van der Waals surface area (Å²) in [4.78, 5) is 39.2. The lowest BCUT2D eigenvalue weighted by Gasteiger charge is -2.34. The predicted molar refractivity (Wildman–Crippen MR) is 74.4 cm³/mol. The third-order valence-electron chi connectivity index (χ3n) is 4.81. The first-order chi connectivity index (χ1) is 10.1. The van der Waals surface area contributed by atoms with Crippen LogP contribution in [0.2, 0.25) is 0 Å². The second kappa shape index (κ2) is 5.66. The molecule has 0 aromatic rings. The molecule has 3 aliphatic rings. The van der Waals surface area contributed by atoms with E-state index in [1.165, 1.54) is 17.7 Å². The molecular formula is C15H22N2O4. The Morgan fingerprint density at radius 2 is 1.95 bits per heavy atom. The number of hydrogen-bond acceptors (Lipinski definition) is 3. The molecule has 2 amide bonds.